The van der Waals surface area contributed by atoms with E-state index in [9.17, 15) is 9.59 Å². The molecule has 0 aliphatic rings. The third kappa shape index (κ3) is 4.46. The standard InChI is InChI=1S/C14H18N2O3/c1-4-11(5-2)15-13(17)10-6-8-12(9-7-10)16-14(18)19-3/h4,6-9H,5H2,1-3H3,(H,15,17)(H,16,18)/b11-4+. The van der Waals surface area contributed by atoms with Crippen LogP contribution in [0.2, 0.25) is 0 Å². The predicted molar refractivity (Wildman–Crippen MR) is 74.0 cm³/mol. The number of hydrogen-bond acceptors (Lipinski definition) is 3. The number of benzene rings is 1. The fraction of sp³-hybridized carbons (Fsp3) is 0.286. The van der Waals surface area contributed by atoms with E-state index in [1.165, 1.54) is 7.11 Å². The molecule has 1 aromatic carbocycles. The van der Waals surface area contributed by atoms with Gasteiger partial charge in [-0.3, -0.25) is 10.1 Å². The van der Waals surface area contributed by atoms with E-state index in [1.807, 2.05) is 19.9 Å². The Morgan fingerprint density at radius 2 is 1.89 bits per heavy atom. The molecule has 0 aromatic heterocycles. The summed E-state index contributed by atoms with van der Waals surface area (Å²) >= 11 is 0. The molecule has 19 heavy (non-hydrogen) atoms. The Kier molecular flexibility index (Phi) is 5.60. The van der Waals surface area contributed by atoms with E-state index in [0.29, 0.717) is 11.3 Å². The Balaban J connectivity index is 2.70. The number of amides is 2. The number of carbonyl (C=O) groups excluding carboxylic acids is 2. The van der Waals surface area contributed by atoms with Crippen LogP contribution in [0.15, 0.2) is 36.0 Å². The maximum atomic E-state index is 11.9. The summed E-state index contributed by atoms with van der Waals surface area (Å²) < 4.78 is 4.48. The van der Waals surface area contributed by atoms with Crippen molar-refractivity contribution in [1.82, 2.24) is 5.32 Å². The van der Waals surface area contributed by atoms with Crippen LogP contribution < -0.4 is 10.6 Å². The molecule has 0 bridgehead atoms. The lowest BCUT2D eigenvalue weighted by Gasteiger charge is -2.08. The Hall–Kier alpha value is -2.30. The molecule has 0 heterocycles. The molecule has 1 aromatic rings. The zero-order chi connectivity index (χ0) is 14.3. The van der Waals surface area contributed by atoms with Gasteiger partial charge in [0.15, 0.2) is 0 Å². The predicted octanol–water partition coefficient (Wildman–Crippen LogP) is 2.91. The Bertz CT molecular complexity index is 478. The van der Waals surface area contributed by atoms with Gasteiger partial charge >= 0.3 is 6.09 Å². The van der Waals surface area contributed by atoms with Crippen molar-refractivity contribution in [2.24, 2.45) is 0 Å². The van der Waals surface area contributed by atoms with Crippen LogP contribution in [0, 0.1) is 0 Å². The topological polar surface area (TPSA) is 67.4 Å². The third-order valence-electron chi connectivity index (χ3n) is 2.58. The van der Waals surface area contributed by atoms with Crippen LogP contribution in [-0.4, -0.2) is 19.1 Å². The lowest BCUT2D eigenvalue weighted by Crippen LogP contribution is -2.22. The van der Waals surface area contributed by atoms with Gasteiger partial charge in [-0.1, -0.05) is 13.0 Å². The van der Waals surface area contributed by atoms with Crippen molar-refractivity contribution < 1.29 is 14.3 Å². The number of hydrogen-bond donors (Lipinski definition) is 2. The molecule has 0 atom stereocenters. The average Bonchev–Trinajstić information content (AvgIpc) is 2.45. The summed E-state index contributed by atoms with van der Waals surface area (Å²) in [4.78, 5) is 22.9. The van der Waals surface area contributed by atoms with E-state index in [0.717, 1.165) is 12.1 Å². The molecular formula is C14H18N2O3. The smallest absolute Gasteiger partial charge is 0.411 e. The average molecular weight is 262 g/mol. The zero-order valence-electron chi connectivity index (χ0n) is 11.3. The van der Waals surface area contributed by atoms with Crippen molar-refractivity contribution >= 4 is 17.7 Å². The molecule has 0 fully saturated rings. The summed E-state index contributed by atoms with van der Waals surface area (Å²) in [5.74, 6) is -0.167. The summed E-state index contributed by atoms with van der Waals surface area (Å²) in [6.07, 6.45) is 2.09. The van der Waals surface area contributed by atoms with E-state index in [2.05, 4.69) is 15.4 Å². The highest BCUT2D eigenvalue weighted by Gasteiger charge is 2.07. The van der Waals surface area contributed by atoms with Gasteiger partial charge in [0, 0.05) is 16.9 Å². The highest BCUT2D eigenvalue weighted by Crippen LogP contribution is 2.10. The minimum atomic E-state index is -0.542. The fourth-order valence-electron chi connectivity index (χ4n) is 1.46. The first-order valence-corrected chi connectivity index (χ1v) is 6.02. The van der Waals surface area contributed by atoms with Crippen LogP contribution in [0.5, 0.6) is 0 Å². The van der Waals surface area contributed by atoms with Crippen LogP contribution in [0.3, 0.4) is 0 Å². The highest BCUT2D eigenvalue weighted by atomic mass is 16.5. The molecule has 5 nitrogen and oxygen atoms in total. The first-order chi connectivity index (χ1) is 9.10. The van der Waals surface area contributed by atoms with Crippen molar-refractivity contribution in [2.75, 3.05) is 12.4 Å². The fourth-order valence-corrected chi connectivity index (χ4v) is 1.46. The Morgan fingerprint density at radius 1 is 1.26 bits per heavy atom. The summed E-state index contributed by atoms with van der Waals surface area (Å²) in [6, 6.07) is 6.58. The molecule has 0 saturated heterocycles. The van der Waals surface area contributed by atoms with E-state index in [-0.39, 0.29) is 5.91 Å². The van der Waals surface area contributed by atoms with Crippen molar-refractivity contribution in [3.05, 3.63) is 41.6 Å². The van der Waals surface area contributed by atoms with Gasteiger partial charge in [-0.05, 0) is 37.6 Å². The summed E-state index contributed by atoms with van der Waals surface area (Å²) in [6.45, 7) is 3.85. The zero-order valence-corrected chi connectivity index (χ0v) is 11.3. The monoisotopic (exact) mass is 262 g/mol. The molecular weight excluding hydrogens is 244 g/mol. The molecule has 5 heteroatoms. The van der Waals surface area contributed by atoms with Gasteiger partial charge in [0.25, 0.3) is 5.91 Å². The summed E-state index contributed by atoms with van der Waals surface area (Å²) in [7, 11) is 1.29. The summed E-state index contributed by atoms with van der Waals surface area (Å²) in [5, 5.41) is 5.33. The number of ether oxygens (including phenoxy) is 1. The van der Waals surface area contributed by atoms with Crippen LogP contribution in [0.4, 0.5) is 10.5 Å². The van der Waals surface area contributed by atoms with Crippen LogP contribution in [-0.2, 0) is 4.74 Å². The van der Waals surface area contributed by atoms with Crippen LogP contribution >= 0.6 is 0 Å². The molecule has 0 aliphatic heterocycles. The molecule has 2 N–H and O–H groups in total. The third-order valence-corrected chi connectivity index (χ3v) is 2.58. The molecule has 0 radical (unpaired) electrons. The molecule has 0 spiro atoms. The van der Waals surface area contributed by atoms with E-state index < -0.39 is 6.09 Å². The van der Waals surface area contributed by atoms with Crippen molar-refractivity contribution in [3.8, 4) is 0 Å². The lowest BCUT2D eigenvalue weighted by atomic mass is 10.2. The van der Waals surface area contributed by atoms with Gasteiger partial charge in [0.05, 0.1) is 7.11 Å². The minimum absolute atomic E-state index is 0.167. The molecule has 0 aliphatic carbocycles. The normalized spacial score (nSPS) is 10.8. The second-order valence-corrected chi connectivity index (χ2v) is 3.82. The Morgan fingerprint density at radius 3 is 2.37 bits per heavy atom. The van der Waals surface area contributed by atoms with Gasteiger partial charge in [0.1, 0.15) is 0 Å². The molecule has 102 valence electrons. The minimum Gasteiger partial charge on any atom is -0.453 e. The van der Waals surface area contributed by atoms with Crippen molar-refractivity contribution in [1.29, 1.82) is 0 Å². The molecule has 0 unspecified atom stereocenters. The number of anilines is 1. The SMILES string of the molecule is C/C=C(\CC)NC(=O)c1ccc(NC(=O)OC)cc1. The Labute approximate surface area is 112 Å². The highest BCUT2D eigenvalue weighted by molar-refractivity contribution is 5.96. The maximum absolute atomic E-state index is 11.9. The van der Waals surface area contributed by atoms with Gasteiger partial charge in [-0.25, -0.2) is 4.79 Å². The maximum Gasteiger partial charge on any atom is 0.411 e. The van der Waals surface area contributed by atoms with Gasteiger partial charge in [-0.2, -0.15) is 0 Å². The first kappa shape index (κ1) is 14.8. The second kappa shape index (κ2) is 7.20. The lowest BCUT2D eigenvalue weighted by molar-refractivity contribution is 0.0964. The molecule has 0 saturated carbocycles. The molecule has 2 amide bonds. The van der Waals surface area contributed by atoms with Crippen LogP contribution in [0.25, 0.3) is 0 Å². The van der Waals surface area contributed by atoms with Crippen molar-refractivity contribution in [2.45, 2.75) is 20.3 Å². The number of allylic oxidation sites excluding steroid dienone is 2. The summed E-state index contributed by atoms with van der Waals surface area (Å²) in [5.41, 5.74) is 1.98. The first-order valence-electron chi connectivity index (χ1n) is 6.02. The van der Waals surface area contributed by atoms with E-state index in [4.69, 9.17) is 0 Å². The molecule has 1 rings (SSSR count). The largest absolute Gasteiger partial charge is 0.453 e. The number of rotatable bonds is 4. The van der Waals surface area contributed by atoms with Gasteiger partial charge in [-0.15, -0.1) is 0 Å². The second-order valence-electron chi connectivity index (χ2n) is 3.82. The van der Waals surface area contributed by atoms with Crippen LogP contribution in [0.1, 0.15) is 30.6 Å². The van der Waals surface area contributed by atoms with Gasteiger partial charge < -0.3 is 10.1 Å². The number of nitrogens with one attached hydrogen (secondary N) is 2. The van der Waals surface area contributed by atoms with E-state index >= 15 is 0 Å². The van der Waals surface area contributed by atoms with Crippen molar-refractivity contribution in [3.63, 3.8) is 0 Å². The van der Waals surface area contributed by atoms with Gasteiger partial charge in [0.2, 0.25) is 0 Å². The number of carbonyl (C=O) groups is 2. The van der Waals surface area contributed by atoms with E-state index in [1.54, 1.807) is 24.3 Å². The number of methoxy groups -OCH3 is 1. The quantitative estimate of drug-likeness (QED) is 0.876.